The summed E-state index contributed by atoms with van der Waals surface area (Å²) in [5.41, 5.74) is 5.99. The summed E-state index contributed by atoms with van der Waals surface area (Å²) in [5.74, 6) is -0.142. The van der Waals surface area contributed by atoms with Crippen LogP contribution < -0.4 is 5.32 Å². The minimum atomic E-state index is -0.142. The van der Waals surface area contributed by atoms with E-state index in [1.807, 2.05) is 80.2 Å². The zero-order valence-electron chi connectivity index (χ0n) is 16.2. The van der Waals surface area contributed by atoms with Gasteiger partial charge in [-0.3, -0.25) is 9.48 Å². The summed E-state index contributed by atoms with van der Waals surface area (Å²) in [6, 6.07) is 15.6. The van der Waals surface area contributed by atoms with Crippen molar-refractivity contribution in [2.24, 2.45) is 0 Å². The number of amides is 1. The molecular weight excluding hydrogens is 348 g/mol. The van der Waals surface area contributed by atoms with Crippen LogP contribution in [0.25, 0.3) is 22.2 Å². The Bertz CT molecular complexity index is 1180. The molecule has 0 radical (unpaired) electrons. The monoisotopic (exact) mass is 370 g/mol. The summed E-state index contributed by atoms with van der Waals surface area (Å²) < 4.78 is 1.85. The molecule has 2 aromatic carbocycles. The summed E-state index contributed by atoms with van der Waals surface area (Å²) in [5, 5.41) is 8.23. The molecule has 140 valence electrons. The Hall–Kier alpha value is -3.47. The number of hydrogen-bond donors (Lipinski definition) is 1. The van der Waals surface area contributed by atoms with E-state index in [0.717, 1.165) is 45.5 Å². The number of aromatic nitrogens is 3. The first-order valence-corrected chi connectivity index (χ1v) is 9.36. The lowest BCUT2D eigenvalue weighted by Crippen LogP contribution is -2.14. The van der Waals surface area contributed by atoms with E-state index in [2.05, 4.69) is 10.4 Å². The number of benzene rings is 2. The van der Waals surface area contributed by atoms with Crippen LogP contribution in [0.15, 0.2) is 60.9 Å². The molecule has 2 aromatic heterocycles. The normalized spacial score (nSPS) is 11.0. The molecule has 0 saturated carbocycles. The molecule has 5 nitrogen and oxygen atoms in total. The SMILES string of the molecule is CCn1cc(-c2cc(C(=O)Nc3cc(C)ccc3C)c3ccccc3n2)cn1. The second-order valence-electron chi connectivity index (χ2n) is 6.93. The Balaban J connectivity index is 1.80. The number of nitrogens with one attached hydrogen (secondary N) is 1. The predicted molar refractivity (Wildman–Crippen MR) is 113 cm³/mol. The van der Waals surface area contributed by atoms with Crippen molar-refractivity contribution in [2.75, 3.05) is 5.32 Å². The van der Waals surface area contributed by atoms with E-state index in [1.165, 1.54) is 0 Å². The highest BCUT2D eigenvalue weighted by Gasteiger charge is 2.15. The predicted octanol–water partition coefficient (Wildman–Crippen LogP) is 4.99. The van der Waals surface area contributed by atoms with Gasteiger partial charge in [0.2, 0.25) is 0 Å². The molecule has 28 heavy (non-hydrogen) atoms. The van der Waals surface area contributed by atoms with Crippen LogP contribution in [0.3, 0.4) is 0 Å². The van der Waals surface area contributed by atoms with Gasteiger partial charge in [0.05, 0.1) is 23.0 Å². The van der Waals surface area contributed by atoms with Gasteiger partial charge in [0, 0.05) is 29.4 Å². The first-order chi connectivity index (χ1) is 13.5. The molecule has 0 atom stereocenters. The third kappa shape index (κ3) is 3.39. The molecule has 0 spiro atoms. The van der Waals surface area contributed by atoms with Crippen LogP contribution in [0.4, 0.5) is 5.69 Å². The van der Waals surface area contributed by atoms with Gasteiger partial charge in [-0.1, -0.05) is 30.3 Å². The van der Waals surface area contributed by atoms with E-state index in [1.54, 1.807) is 6.20 Å². The van der Waals surface area contributed by atoms with Crippen molar-refractivity contribution in [3.8, 4) is 11.3 Å². The second kappa shape index (κ2) is 7.27. The van der Waals surface area contributed by atoms with Crippen molar-refractivity contribution < 1.29 is 4.79 Å². The van der Waals surface area contributed by atoms with Crippen LogP contribution >= 0.6 is 0 Å². The molecule has 4 aromatic rings. The lowest BCUT2D eigenvalue weighted by molar-refractivity contribution is 0.102. The zero-order chi connectivity index (χ0) is 19.7. The van der Waals surface area contributed by atoms with E-state index < -0.39 is 0 Å². The number of nitrogens with zero attached hydrogens (tertiary/aromatic N) is 3. The second-order valence-corrected chi connectivity index (χ2v) is 6.93. The van der Waals surface area contributed by atoms with Gasteiger partial charge in [-0.25, -0.2) is 4.98 Å². The van der Waals surface area contributed by atoms with Crippen molar-refractivity contribution in [1.29, 1.82) is 0 Å². The van der Waals surface area contributed by atoms with Gasteiger partial charge in [-0.05, 0) is 50.1 Å². The van der Waals surface area contributed by atoms with Crippen molar-refractivity contribution >= 4 is 22.5 Å². The highest BCUT2D eigenvalue weighted by Crippen LogP contribution is 2.26. The van der Waals surface area contributed by atoms with Crippen molar-refractivity contribution in [3.05, 3.63) is 77.6 Å². The van der Waals surface area contributed by atoms with E-state index in [-0.39, 0.29) is 5.91 Å². The van der Waals surface area contributed by atoms with Crippen LogP contribution in [-0.4, -0.2) is 20.7 Å². The molecule has 0 saturated heterocycles. The molecule has 0 fully saturated rings. The number of anilines is 1. The summed E-state index contributed by atoms with van der Waals surface area (Å²) in [6.45, 7) is 6.83. The third-order valence-electron chi connectivity index (χ3n) is 4.86. The number of carbonyl (C=O) groups excluding carboxylic acids is 1. The molecule has 2 heterocycles. The minimum Gasteiger partial charge on any atom is -0.322 e. The maximum absolute atomic E-state index is 13.2. The molecule has 0 aliphatic rings. The van der Waals surface area contributed by atoms with E-state index in [0.29, 0.717) is 5.56 Å². The first kappa shape index (κ1) is 17.9. The number of pyridine rings is 1. The lowest BCUT2D eigenvalue weighted by atomic mass is 10.0. The molecule has 1 amide bonds. The average Bonchev–Trinajstić information content (AvgIpc) is 3.19. The maximum atomic E-state index is 13.2. The average molecular weight is 370 g/mol. The van der Waals surface area contributed by atoms with Gasteiger partial charge in [-0.2, -0.15) is 5.10 Å². The molecule has 0 aliphatic carbocycles. The highest BCUT2D eigenvalue weighted by atomic mass is 16.1. The Kier molecular flexibility index (Phi) is 4.65. The Morgan fingerprint density at radius 1 is 1.11 bits per heavy atom. The lowest BCUT2D eigenvalue weighted by Gasteiger charge is -2.12. The maximum Gasteiger partial charge on any atom is 0.256 e. The number of fused-ring (bicyclic) bond motifs is 1. The van der Waals surface area contributed by atoms with Crippen molar-refractivity contribution in [1.82, 2.24) is 14.8 Å². The topological polar surface area (TPSA) is 59.8 Å². The molecular formula is C23H22N4O. The Morgan fingerprint density at radius 2 is 1.93 bits per heavy atom. The fraction of sp³-hybridized carbons (Fsp3) is 0.174. The van der Waals surface area contributed by atoms with Crippen molar-refractivity contribution in [3.63, 3.8) is 0 Å². The summed E-state index contributed by atoms with van der Waals surface area (Å²) in [6.07, 6.45) is 3.73. The Morgan fingerprint density at radius 3 is 2.71 bits per heavy atom. The number of rotatable bonds is 4. The number of aryl methyl sites for hydroxylation is 3. The smallest absolute Gasteiger partial charge is 0.256 e. The standard InChI is InChI=1S/C23H22N4O/c1-4-27-14-17(13-24-27)22-12-19(18-7-5-6-8-20(18)25-22)23(28)26-21-11-15(2)9-10-16(21)3/h5-14H,4H2,1-3H3,(H,26,28). The van der Waals surface area contributed by atoms with Gasteiger partial charge >= 0.3 is 0 Å². The molecule has 0 unspecified atom stereocenters. The van der Waals surface area contributed by atoms with Crippen molar-refractivity contribution in [2.45, 2.75) is 27.3 Å². The molecule has 0 bridgehead atoms. The fourth-order valence-corrected chi connectivity index (χ4v) is 3.24. The van der Waals surface area contributed by atoms with E-state index >= 15 is 0 Å². The summed E-state index contributed by atoms with van der Waals surface area (Å²) >= 11 is 0. The largest absolute Gasteiger partial charge is 0.322 e. The fourth-order valence-electron chi connectivity index (χ4n) is 3.24. The summed E-state index contributed by atoms with van der Waals surface area (Å²) in [7, 11) is 0. The number of hydrogen-bond acceptors (Lipinski definition) is 3. The van der Waals surface area contributed by atoms with E-state index in [9.17, 15) is 4.79 Å². The highest BCUT2D eigenvalue weighted by molar-refractivity contribution is 6.13. The molecule has 1 N–H and O–H groups in total. The third-order valence-corrected chi connectivity index (χ3v) is 4.86. The quantitative estimate of drug-likeness (QED) is 0.551. The van der Waals surface area contributed by atoms with Gasteiger partial charge in [-0.15, -0.1) is 0 Å². The minimum absolute atomic E-state index is 0.142. The van der Waals surface area contributed by atoms with Crippen LogP contribution in [-0.2, 0) is 6.54 Å². The van der Waals surface area contributed by atoms with Gasteiger partial charge < -0.3 is 5.32 Å². The van der Waals surface area contributed by atoms with Gasteiger partial charge in [0.1, 0.15) is 0 Å². The number of para-hydroxylation sites is 1. The molecule has 4 rings (SSSR count). The van der Waals surface area contributed by atoms with Gasteiger partial charge in [0.25, 0.3) is 5.91 Å². The van der Waals surface area contributed by atoms with Gasteiger partial charge in [0.15, 0.2) is 0 Å². The first-order valence-electron chi connectivity index (χ1n) is 9.36. The molecule has 0 aliphatic heterocycles. The summed E-state index contributed by atoms with van der Waals surface area (Å²) in [4.78, 5) is 17.9. The van der Waals surface area contributed by atoms with Crippen LogP contribution in [0.2, 0.25) is 0 Å². The van der Waals surface area contributed by atoms with Crippen LogP contribution in [0.5, 0.6) is 0 Å². The Labute approximate surface area is 164 Å². The molecule has 5 heteroatoms. The zero-order valence-corrected chi connectivity index (χ0v) is 16.2. The van der Waals surface area contributed by atoms with Crippen LogP contribution in [0, 0.1) is 13.8 Å². The number of carbonyl (C=O) groups is 1. The van der Waals surface area contributed by atoms with E-state index in [4.69, 9.17) is 4.98 Å². The van der Waals surface area contributed by atoms with Crippen LogP contribution in [0.1, 0.15) is 28.4 Å².